The predicted octanol–water partition coefficient (Wildman–Crippen LogP) is -1.32. The summed E-state index contributed by atoms with van der Waals surface area (Å²) in [6.07, 6.45) is 0. The van der Waals surface area contributed by atoms with Gasteiger partial charge in [0.1, 0.15) is 0 Å². The van der Waals surface area contributed by atoms with Crippen LogP contribution in [0.25, 0.3) is 0 Å². The molecular weight excluding hydrogens is 168 g/mol. The molecule has 68 valence electrons. The van der Waals surface area contributed by atoms with Crippen molar-refractivity contribution in [2.24, 2.45) is 5.73 Å². The fraction of sp³-hybridized carbons (Fsp3) is 0.600. The van der Waals surface area contributed by atoms with Crippen molar-refractivity contribution in [2.45, 2.75) is 13.0 Å². The van der Waals surface area contributed by atoms with Crippen molar-refractivity contribution in [3.05, 3.63) is 10.1 Å². The molecule has 1 atom stereocenters. The van der Waals surface area contributed by atoms with E-state index in [0.717, 1.165) is 0 Å². The first-order valence-corrected chi connectivity index (χ1v) is 3.10. The Labute approximate surface area is 67.6 Å². The third-order valence-corrected chi connectivity index (χ3v) is 0.990. The Kier molecular flexibility index (Phi) is 3.68. The molecule has 0 rings (SSSR count). The number of esters is 1. The van der Waals surface area contributed by atoms with E-state index in [2.05, 4.69) is 10.5 Å². The first-order chi connectivity index (χ1) is 5.50. The Morgan fingerprint density at radius 1 is 1.67 bits per heavy atom. The number of carbonyl (C=O) groups is 2. The van der Waals surface area contributed by atoms with Crippen molar-refractivity contribution in [3.8, 4) is 0 Å². The van der Waals surface area contributed by atoms with E-state index in [0.29, 0.717) is 0 Å². The molecule has 0 aliphatic rings. The largest absolute Gasteiger partial charge is 0.460 e. The van der Waals surface area contributed by atoms with Crippen LogP contribution in [0.2, 0.25) is 0 Å². The summed E-state index contributed by atoms with van der Waals surface area (Å²) in [6, 6.07) is -2.09. The minimum atomic E-state index is -2.09. The highest BCUT2D eigenvalue weighted by Crippen LogP contribution is 1.93. The Morgan fingerprint density at radius 3 is 2.42 bits per heavy atom. The predicted molar refractivity (Wildman–Crippen MR) is 36.6 cm³/mol. The smallest absolute Gasteiger partial charge is 0.392 e. The molecule has 0 radical (unpaired) electrons. The highest BCUT2D eigenvalue weighted by atomic mass is 16.6. The molecule has 0 aromatic heterocycles. The van der Waals surface area contributed by atoms with Gasteiger partial charge in [0.2, 0.25) is 0 Å². The zero-order valence-corrected chi connectivity index (χ0v) is 6.35. The summed E-state index contributed by atoms with van der Waals surface area (Å²) in [5.74, 6) is -2.55. The Balaban J connectivity index is 4.41. The lowest BCUT2D eigenvalue weighted by Gasteiger charge is -2.03. The highest BCUT2D eigenvalue weighted by Gasteiger charge is 2.37. The number of rotatable bonds is 4. The fourth-order valence-electron chi connectivity index (χ4n) is 0.527. The van der Waals surface area contributed by atoms with Gasteiger partial charge in [0.25, 0.3) is 0 Å². The Hall–Kier alpha value is -1.66. The van der Waals surface area contributed by atoms with E-state index >= 15 is 0 Å². The second kappa shape index (κ2) is 4.27. The maximum atomic E-state index is 10.7. The van der Waals surface area contributed by atoms with Crippen LogP contribution in [0.1, 0.15) is 6.92 Å². The van der Waals surface area contributed by atoms with Crippen LogP contribution >= 0.6 is 0 Å². The van der Waals surface area contributed by atoms with E-state index in [1.54, 1.807) is 0 Å². The van der Waals surface area contributed by atoms with Crippen LogP contribution in [-0.2, 0) is 14.3 Å². The van der Waals surface area contributed by atoms with Crippen molar-refractivity contribution in [1.29, 1.82) is 0 Å². The molecule has 0 bridgehead atoms. The minimum absolute atomic E-state index is 0.0313. The van der Waals surface area contributed by atoms with Crippen LogP contribution in [0, 0.1) is 10.1 Å². The van der Waals surface area contributed by atoms with Gasteiger partial charge in [-0.05, 0) is 6.92 Å². The first-order valence-electron chi connectivity index (χ1n) is 3.10. The van der Waals surface area contributed by atoms with E-state index in [4.69, 9.17) is 0 Å². The highest BCUT2D eigenvalue weighted by molar-refractivity contribution is 5.99. The average molecular weight is 176 g/mol. The number of nitrogens with zero attached hydrogens (tertiary/aromatic N) is 1. The summed E-state index contributed by atoms with van der Waals surface area (Å²) in [5, 5.41) is 10.1. The molecule has 1 unspecified atom stereocenters. The maximum Gasteiger partial charge on any atom is 0.392 e. The molecule has 0 saturated carbocycles. The zero-order chi connectivity index (χ0) is 9.72. The topological polar surface area (TPSA) is 113 Å². The van der Waals surface area contributed by atoms with Gasteiger partial charge in [-0.15, -0.1) is 0 Å². The molecule has 0 saturated heterocycles. The standard InChI is InChI=1S/C5H8N2O5/c1-2-12-5(9)3(4(6)8)7(10)11/h3H,2H2,1H3,(H2,6,8). The summed E-state index contributed by atoms with van der Waals surface area (Å²) in [5.41, 5.74) is 4.59. The molecular formula is C5H8N2O5. The number of amides is 1. The van der Waals surface area contributed by atoms with Gasteiger partial charge in [-0.25, -0.2) is 4.79 Å². The van der Waals surface area contributed by atoms with E-state index in [9.17, 15) is 19.7 Å². The lowest BCUT2D eigenvalue weighted by Crippen LogP contribution is -2.43. The average Bonchev–Trinajstić information content (AvgIpc) is 1.85. The van der Waals surface area contributed by atoms with E-state index in [1.165, 1.54) is 6.92 Å². The molecule has 2 N–H and O–H groups in total. The third kappa shape index (κ3) is 2.52. The van der Waals surface area contributed by atoms with Gasteiger partial charge in [0.05, 0.1) is 6.61 Å². The van der Waals surface area contributed by atoms with Gasteiger partial charge in [-0.3, -0.25) is 14.9 Å². The Bertz CT molecular complexity index is 200. The quantitative estimate of drug-likeness (QED) is 0.247. The lowest BCUT2D eigenvalue weighted by molar-refractivity contribution is -0.496. The molecule has 0 spiro atoms. The molecule has 0 aromatic rings. The maximum absolute atomic E-state index is 10.7. The summed E-state index contributed by atoms with van der Waals surface area (Å²) in [6.45, 7) is 1.44. The van der Waals surface area contributed by atoms with Gasteiger partial charge < -0.3 is 10.5 Å². The van der Waals surface area contributed by atoms with E-state index in [1.807, 2.05) is 0 Å². The molecule has 0 aromatic carbocycles. The van der Waals surface area contributed by atoms with Crippen molar-refractivity contribution in [2.75, 3.05) is 6.61 Å². The molecule has 12 heavy (non-hydrogen) atoms. The first kappa shape index (κ1) is 10.3. The van der Waals surface area contributed by atoms with Gasteiger partial charge in [-0.2, -0.15) is 0 Å². The third-order valence-electron chi connectivity index (χ3n) is 0.990. The minimum Gasteiger partial charge on any atom is -0.460 e. The summed E-state index contributed by atoms with van der Waals surface area (Å²) < 4.78 is 4.25. The molecule has 0 aliphatic heterocycles. The van der Waals surface area contributed by atoms with E-state index in [-0.39, 0.29) is 6.61 Å². The van der Waals surface area contributed by atoms with Crippen LogP contribution in [0.15, 0.2) is 0 Å². The normalized spacial score (nSPS) is 11.8. The monoisotopic (exact) mass is 176 g/mol. The van der Waals surface area contributed by atoms with Crippen molar-refractivity contribution in [1.82, 2.24) is 0 Å². The number of ether oxygens (including phenoxy) is 1. The lowest BCUT2D eigenvalue weighted by atomic mass is 10.3. The summed E-state index contributed by atoms with van der Waals surface area (Å²) in [7, 11) is 0. The van der Waals surface area contributed by atoms with Crippen molar-refractivity contribution < 1.29 is 19.2 Å². The number of carbonyl (C=O) groups excluding carboxylic acids is 2. The van der Waals surface area contributed by atoms with Gasteiger partial charge in [-0.1, -0.05) is 0 Å². The number of hydrogen-bond acceptors (Lipinski definition) is 5. The number of nitrogens with two attached hydrogens (primary N) is 1. The molecule has 0 fully saturated rings. The molecule has 7 nitrogen and oxygen atoms in total. The molecule has 0 aliphatic carbocycles. The molecule has 0 heterocycles. The molecule has 7 heteroatoms. The van der Waals surface area contributed by atoms with Gasteiger partial charge in [0.15, 0.2) is 0 Å². The fourth-order valence-corrected chi connectivity index (χ4v) is 0.527. The van der Waals surface area contributed by atoms with Gasteiger partial charge in [0, 0.05) is 4.92 Å². The zero-order valence-electron chi connectivity index (χ0n) is 6.35. The second-order valence-corrected chi connectivity index (χ2v) is 1.84. The number of hydrogen-bond donors (Lipinski definition) is 1. The SMILES string of the molecule is CCOC(=O)C(C(N)=O)[N+](=O)[O-]. The summed E-state index contributed by atoms with van der Waals surface area (Å²) in [4.78, 5) is 30.0. The van der Waals surface area contributed by atoms with Crippen LogP contribution in [0.4, 0.5) is 0 Å². The van der Waals surface area contributed by atoms with Crippen LogP contribution < -0.4 is 5.73 Å². The number of primary amides is 1. The van der Waals surface area contributed by atoms with Crippen LogP contribution in [0.5, 0.6) is 0 Å². The van der Waals surface area contributed by atoms with Crippen molar-refractivity contribution in [3.63, 3.8) is 0 Å². The van der Waals surface area contributed by atoms with Gasteiger partial charge >= 0.3 is 17.9 Å². The summed E-state index contributed by atoms with van der Waals surface area (Å²) >= 11 is 0. The second-order valence-electron chi connectivity index (χ2n) is 1.84. The van der Waals surface area contributed by atoms with Crippen molar-refractivity contribution >= 4 is 11.9 Å². The Morgan fingerprint density at radius 2 is 2.17 bits per heavy atom. The van der Waals surface area contributed by atoms with Crippen LogP contribution in [-0.4, -0.2) is 29.4 Å². The van der Waals surface area contributed by atoms with E-state index < -0.39 is 22.8 Å². The van der Waals surface area contributed by atoms with Crippen LogP contribution in [0.3, 0.4) is 0 Å². The molecule has 1 amide bonds. The number of nitro groups is 1.